The van der Waals surface area contributed by atoms with Crippen LogP contribution in [0.3, 0.4) is 0 Å². The maximum absolute atomic E-state index is 12.0. The van der Waals surface area contributed by atoms with Gasteiger partial charge >= 0.3 is 0 Å². The van der Waals surface area contributed by atoms with E-state index in [1.807, 2.05) is 0 Å². The third kappa shape index (κ3) is 3.29. The Labute approximate surface area is 110 Å². The standard InChI is InChI=1S/C12H14N4O3/c13-16-15-6-2-5-14-12(17)9-3-1-4-10-11(9)19-8-7-18-10/h1,3-4H,2,5-8H2,(H,14,17). The second-order valence-corrected chi connectivity index (χ2v) is 3.89. The van der Waals surface area contributed by atoms with Crippen molar-refractivity contribution in [2.24, 2.45) is 5.11 Å². The van der Waals surface area contributed by atoms with E-state index in [0.29, 0.717) is 49.8 Å². The lowest BCUT2D eigenvalue weighted by atomic mass is 10.1. The fourth-order valence-corrected chi connectivity index (χ4v) is 1.74. The Morgan fingerprint density at radius 2 is 2.26 bits per heavy atom. The van der Waals surface area contributed by atoms with Gasteiger partial charge in [-0.2, -0.15) is 0 Å². The Kier molecular flexibility index (Phi) is 4.47. The first-order valence-corrected chi connectivity index (χ1v) is 6.00. The molecule has 0 saturated carbocycles. The minimum atomic E-state index is -0.219. The number of hydrogen-bond acceptors (Lipinski definition) is 4. The Morgan fingerprint density at radius 1 is 1.42 bits per heavy atom. The van der Waals surface area contributed by atoms with Crippen molar-refractivity contribution in [3.63, 3.8) is 0 Å². The van der Waals surface area contributed by atoms with Gasteiger partial charge in [-0.15, -0.1) is 0 Å². The summed E-state index contributed by atoms with van der Waals surface area (Å²) in [5.74, 6) is 0.859. The van der Waals surface area contributed by atoms with Gasteiger partial charge in [-0.25, -0.2) is 0 Å². The van der Waals surface area contributed by atoms with Crippen LogP contribution in [-0.2, 0) is 0 Å². The van der Waals surface area contributed by atoms with Gasteiger partial charge in [-0.1, -0.05) is 11.2 Å². The molecule has 0 spiro atoms. The number of ether oxygens (including phenoxy) is 2. The highest BCUT2D eigenvalue weighted by molar-refractivity contribution is 5.97. The van der Waals surface area contributed by atoms with Crippen molar-refractivity contribution in [3.05, 3.63) is 34.2 Å². The zero-order valence-electron chi connectivity index (χ0n) is 10.3. The summed E-state index contributed by atoms with van der Waals surface area (Å²) in [7, 11) is 0. The summed E-state index contributed by atoms with van der Waals surface area (Å²) in [4.78, 5) is 14.6. The van der Waals surface area contributed by atoms with Gasteiger partial charge in [-0.05, 0) is 24.1 Å². The van der Waals surface area contributed by atoms with Crippen LogP contribution in [0, 0.1) is 0 Å². The third-order valence-corrected chi connectivity index (χ3v) is 2.59. The molecule has 1 N–H and O–H groups in total. The maximum Gasteiger partial charge on any atom is 0.255 e. The molecule has 0 unspecified atom stereocenters. The maximum atomic E-state index is 12.0. The molecule has 7 heteroatoms. The average Bonchev–Trinajstić information content (AvgIpc) is 2.46. The number of benzene rings is 1. The number of amides is 1. The molecule has 1 aliphatic heterocycles. The van der Waals surface area contributed by atoms with Gasteiger partial charge in [0.1, 0.15) is 13.2 Å². The van der Waals surface area contributed by atoms with Crippen LogP contribution in [0.4, 0.5) is 0 Å². The molecule has 0 saturated heterocycles. The molecule has 0 atom stereocenters. The average molecular weight is 262 g/mol. The molecule has 1 aromatic carbocycles. The normalized spacial score (nSPS) is 12.4. The van der Waals surface area contributed by atoms with Crippen LogP contribution >= 0.6 is 0 Å². The van der Waals surface area contributed by atoms with Gasteiger partial charge in [0.25, 0.3) is 5.91 Å². The number of nitrogens with one attached hydrogen (secondary N) is 1. The minimum absolute atomic E-state index is 0.219. The Bertz CT molecular complexity index is 512. The summed E-state index contributed by atoms with van der Waals surface area (Å²) < 4.78 is 10.9. The Morgan fingerprint density at radius 3 is 3.11 bits per heavy atom. The predicted octanol–water partition coefficient (Wildman–Crippen LogP) is 1.89. The molecule has 2 rings (SSSR count). The lowest BCUT2D eigenvalue weighted by molar-refractivity contribution is 0.0942. The first-order valence-electron chi connectivity index (χ1n) is 6.00. The van der Waals surface area contributed by atoms with Crippen LogP contribution in [0.1, 0.15) is 16.8 Å². The topological polar surface area (TPSA) is 96.3 Å². The number of nitrogens with zero attached hydrogens (tertiary/aromatic N) is 3. The van der Waals surface area contributed by atoms with E-state index in [-0.39, 0.29) is 5.91 Å². The highest BCUT2D eigenvalue weighted by Crippen LogP contribution is 2.33. The smallest absolute Gasteiger partial charge is 0.255 e. The monoisotopic (exact) mass is 262 g/mol. The molecule has 0 aromatic heterocycles. The molecule has 0 aliphatic carbocycles. The minimum Gasteiger partial charge on any atom is -0.486 e. The fraction of sp³-hybridized carbons (Fsp3) is 0.417. The molecule has 1 aliphatic rings. The van der Waals surface area contributed by atoms with Crippen molar-refractivity contribution in [1.29, 1.82) is 0 Å². The molecular weight excluding hydrogens is 248 g/mol. The third-order valence-electron chi connectivity index (χ3n) is 2.59. The molecule has 100 valence electrons. The van der Waals surface area contributed by atoms with Gasteiger partial charge in [0.2, 0.25) is 0 Å². The highest BCUT2D eigenvalue weighted by atomic mass is 16.6. The lowest BCUT2D eigenvalue weighted by Crippen LogP contribution is -2.27. The first kappa shape index (κ1) is 13.0. The van der Waals surface area contributed by atoms with Crippen LogP contribution < -0.4 is 14.8 Å². The van der Waals surface area contributed by atoms with E-state index < -0.39 is 0 Å². The van der Waals surface area contributed by atoms with E-state index in [1.54, 1.807) is 18.2 Å². The van der Waals surface area contributed by atoms with Crippen molar-refractivity contribution < 1.29 is 14.3 Å². The highest BCUT2D eigenvalue weighted by Gasteiger charge is 2.19. The van der Waals surface area contributed by atoms with E-state index in [2.05, 4.69) is 15.3 Å². The Hall–Kier alpha value is -2.40. The van der Waals surface area contributed by atoms with Gasteiger partial charge in [0.05, 0.1) is 5.56 Å². The molecule has 0 bridgehead atoms. The molecule has 0 radical (unpaired) electrons. The molecule has 0 fully saturated rings. The molecule has 1 amide bonds. The van der Waals surface area contributed by atoms with E-state index in [1.165, 1.54) is 0 Å². The number of carbonyl (C=O) groups is 1. The summed E-state index contributed by atoms with van der Waals surface area (Å²) in [5.41, 5.74) is 8.58. The van der Waals surface area contributed by atoms with Crippen LogP contribution in [-0.4, -0.2) is 32.2 Å². The van der Waals surface area contributed by atoms with E-state index in [0.717, 1.165) is 0 Å². The van der Waals surface area contributed by atoms with Gasteiger partial charge in [0.15, 0.2) is 11.5 Å². The summed E-state index contributed by atoms with van der Waals surface area (Å²) in [6, 6.07) is 5.21. The van der Waals surface area contributed by atoms with Crippen LogP contribution in [0.25, 0.3) is 10.4 Å². The van der Waals surface area contributed by atoms with Gasteiger partial charge in [-0.3, -0.25) is 4.79 Å². The van der Waals surface area contributed by atoms with Crippen molar-refractivity contribution in [2.75, 3.05) is 26.3 Å². The predicted molar refractivity (Wildman–Crippen MR) is 68.4 cm³/mol. The quantitative estimate of drug-likeness (QED) is 0.380. The number of fused-ring (bicyclic) bond motifs is 1. The Balaban J connectivity index is 1.97. The number of hydrogen-bond donors (Lipinski definition) is 1. The lowest BCUT2D eigenvalue weighted by Gasteiger charge is -2.20. The fourth-order valence-electron chi connectivity index (χ4n) is 1.74. The van der Waals surface area contributed by atoms with Crippen LogP contribution in [0.2, 0.25) is 0 Å². The second-order valence-electron chi connectivity index (χ2n) is 3.89. The van der Waals surface area contributed by atoms with Crippen LogP contribution in [0.5, 0.6) is 11.5 Å². The van der Waals surface area contributed by atoms with Crippen molar-refractivity contribution in [2.45, 2.75) is 6.42 Å². The van der Waals surface area contributed by atoms with Gasteiger partial charge in [0, 0.05) is 18.0 Å². The summed E-state index contributed by atoms with van der Waals surface area (Å²) in [6.07, 6.45) is 0.599. The van der Waals surface area contributed by atoms with E-state index in [4.69, 9.17) is 15.0 Å². The molecular formula is C12H14N4O3. The van der Waals surface area contributed by atoms with Crippen molar-refractivity contribution >= 4 is 5.91 Å². The van der Waals surface area contributed by atoms with Crippen molar-refractivity contribution in [3.8, 4) is 11.5 Å². The number of carbonyl (C=O) groups excluding carboxylic acids is 1. The summed E-state index contributed by atoms with van der Waals surface area (Å²) >= 11 is 0. The summed E-state index contributed by atoms with van der Waals surface area (Å²) in [6.45, 7) is 1.74. The van der Waals surface area contributed by atoms with Crippen LogP contribution in [0.15, 0.2) is 23.3 Å². The summed E-state index contributed by atoms with van der Waals surface area (Å²) in [5, 5.41) is 6.15. The number of azide groups is 1. The molecule has 1 heterocycles. The number of rotatable bonds is 5. The van der Waals surface area contributed by atoms with E-state index in [9.17, 15) is 4.79 Å². The van der Waals surface area contributed by atoms with E-state index >= 15 is 0 Å². The zero-order valence-corrected chi connectivity index (χ0v) is 10.3. The zero-order chi connectivity index (χ0) is 13.5. The van der Waals surface area contributed by atoms with Crippen molar-refractivity contribution in [1.82, 2.24) is 5.32 Å². The largest absolute Gasteiger partial charge is 0.486 e. The molecule has 19 heavy (non-hydrogen) atoms. The molecule has 7 nitrogen and oxygen atoms in total. The first-order chi connectivity index (χ1) is 9.33. The SMILES string of the molecule is [N-]=[N+]=NCCCNC(=O)c1cccc2c1OCCO2. The molecule has 1 aromatic rings. The van der Waals surface area contributed by atoms with Gasteiger partial charge < -0.3 is 14.8 Å². The second kappa shape index (κ2) is 6.51. The number of para-hydroxylation sites is 1.